The van der Waals surface area contributed by atoms with Crippen molar-refractivity contribution in [2.24, 2.45) is 7.05 Å². The van der Waals surface area contributed by atoms with Crippen molar-refractivity contribution in [2.75, 3.05) is 51.4 Å². The van der Waals surface area contributed by atoms with Crippen LogP contribution in [0.4, 0.5) is 5.13 Å². The van der Waals surface area contributed by atoms with E-state index in [1.165, 1.54) is 11.3 Å². The van der Waals surface area contributed by atoms with Crippen LogP contribution in [0.25, 0.3) is 10.2 Å². The van der Waals surface area contributed by atoms with Gasteiger partial charge >= 0.3 is 0 Å². The molecule has 3 heterocycles. The van der Waals surface area contributed by atoms with Crippen LogP contribution in [0.3, 0.4) is 0 Å². The fourth-order valence-electron chi connectivity index (χ4n) is 3.45. The van der Waals surface area contributed by atoms with Crippen molar-refractivity contribution in [2.45, 2.75) is 6.92 Å². The molecule has 1 amide bonds. The highest BCUT2D eigenvalue weighted by Gasteiger charge is 2.25. The van der Waals surface area contributed by atoms with Gasteiger partial charge in [0.1, 0.15) is 17.0 Å². The first-order valence-electron chi connectivity index (χ1n) is 9.62. The van der Waals surface area contributed by atoms with Gasteiger partial charge in [-0.25, -0.2) is 4.98 Å². The average Bonchev–Trinajstić information content (AvgIpc) is 3.36. The van der Waals surface area contributed by atoms with Gasteiger partial charge in [-0.1, -0.05) is 17.4 Å². The van der Waals surface area contributed by atoms with Gasteiger partial charge in [-0.3, -0.25) is 19.3 Å². The highest BCUT2D eigenvalue weighted by molar-refractivity contribution is 7.22. The SMILES string of the molecule is COc1ccc(C)c2sc(N(CCN3CCOCC3)C(=O)c3ccnn3C)nc12. The lowest BCUT2D eigenvalue weighted by Gasteiger charge is -2.29. The molecule has 0 unspecified atom stereocenters. The van der Waals surface area contributed by atoms with Crippen molar-refractivity contribution >= 4 is 32.6 Å². The van der Waals surface area contributed by atoms with E-state index in [0.717, 1.165) is 48.6 Å². The maximum atomic E-state index is 13.4. The normalized spacial score (nSPS) is 15.0. The number of fused-ring (bicyclic) bond motifs is 1. The van der Waals surface area contributed by atoms with Gasteiger partial charge in [0.25, 0.3) is 5.91 Å². The Morgan fingerprint density at radius 3 is 2.79 bits per heavy atom. The van der Waals surface area contributed by atoms with Gasteiger partial charge in [-0.15, -0.1) is 0 Å². The van der Waals surface area contributed by atoms with Crippen LogP contribution in [-0.4, -0.2) is 72.1 Å². The van der Waals surface area contributed by atoms with E-state index in [2.05, 4.69) is 10.00 Å². The molecule has 1 saturated heterocycles. The Hall–Kier alpha value is -2.49. The van der Waals surface area contributed by atoms with Crippen LogP contribution in [0.1, 0.15) is 16.1 Å². The molecule has 0 atom stereocenters. The van der Waals surface area contributed by atoms with Crippen LogP contribution in [0.2, 0.25) is 0 Å². The summed E-state index contributed by atoms with van der Waals surface area (Å²) in [6.45, 7) is 6.57. The number of ether oxygens (including phenoxy) is 2. The van der Waals surface area contributed by atoms with E-state index >= 15 is 0 Å². The summed E-state index contributed by atoms with van der Waals surface area (Å²) in [5, 5.41) is 4.83. The third-order valence-electron chi connectivity index (χ3n) is 5.17. The molecule has 29 heavy (non-hydrogen) atoms. The van der Waals surface area contributed by atoms with Crippen LogP contribution in [-0.2, 0) is 11.8 Å². The topological polar surface area (TPSA) is 72.7 Å². The molecular weight excluding hydrogens is 390 g/mol. The molecule has 1 fully saturated rings. The van der Waals surface area contributed by atoms with Crippen molar-refractivity contribution in [3.05, 3.63) is 35.7 Å². The number of hydrogen-bond donors (Lipinski definition) is 0. The minimum Gasteiger partial charge on any atom is -0.494 e. The van der Waals surface area contributed by atoms with E-state index in [1.54, 1.807) is 36.0 Å². The third-order valence-corrected chi connectivity index (χ3v) is 6.39. The molecule has 0 radical (unpaired) electrons. The quantitative estimate of drug-likeness (QED) is 0.615. The van der Waals surface area contributed by atoms with Crippen molar-refractivity contribution in [1.29, 1.82) is 0 Å². The minimum absolute atomic E-state index is 0.103. The van der Waals surface area contributed by atoms with Gasteiger partial charge < -0.3 is 9.47 Å². The maximum absolute atomic E-state index is 13.4. The van der Waals surface area contributed by atoms with E-state index in [-0.39, 0.29) is 5.91 Å². The first-order valence-corrected chi connectivity index (χ1v) is 10.4. The Balaban J connectivity index is 1.69. The number of carbonyl (C=O) groups is 1. The predicted molar refractivity (Wildman–Crippen MR) is 113 cm³/mol. The van der Waals surface area contributed by atoms with Gasteiger partial charge in [-0.2, -0.15) is 5.10 Å². The van der Waals surface area contributed by atoms with Crippen LogP contribution in [0.5, 0.6) is 5.75 Å². The zero-order valence-corrected chi connectivity index (χ0v) is 17.7. The summed E-state index contributed by atoms with van der Waals surface area (Å²) in [6.07, 6.45) is 1.64. The largest absolute Gasteiger partial charge is 0.494 e. The predicted octanol–water partition coefficient (Wildman–Crippen LogP) is 2.33. The number of carbonyl (C=O) groups excluding carboxylic acids is 1. The van der Waals surface area contributed by atoms with Crippen LogP contribution in [0.15, 0.2) is 24.4 Å². The Bertz CT molecular complexity index is 1010. The smallest absolute Gasteiger partial charge is 0.278 e. The first-order chi connectivity index (χ1) is 14.1. The number of rotatable bonds is 6. The number of aryl methyl sites for hydroxylation is 2. The zero-order valence-electron chi connectivity index (χ0n) is 16.9. The van der Waals surface area contributed by atoms with Crippen molar-refractivity contribution in [3.63, 3.8) is 0 Å². The average molecular weight is 416 g/mol. The third kappa shape index (κ3) is 3.98. The van der Waals surface area contributed by atoms with E-state index in [4.69, 9.17) is 14.5 Å². The van der Waals surface area contributed by atoms with E-state index in [1.807, 2.05) is 19.1 Å². The monoisotopic (exact) mass is 415 g/mol. The number of amides is 1. The number of hydrogen-bond acceptors (Lipinski definition) is 7. The van der Waals surface area contributed by atoms with Gasteiger partial charge in [0, 0.05) is 39.4 Å². The number of aromatic nitrogens is 3. The van der Waals surface area contributed by atoms with E-state index in [9.17, 15) is 4.79 Å². The highest BCUT2D eigenvalue weighted by atomic mass is 32.1. The van der Waals surface area contributed by atoms with Crippen LogP contribution < -0.4 is 9.64 Å². The molecule has 9 heteroatoms. The molecule has 4 rings (SSSR count). The summed E-state index contributed by atoms with van der Waals surface area (Å²) in [5.41, 5.74) is 2.45. The number of thiazole rings is 1. The lowest BCUT2D eigenvalue weighted by atomic mass is 10.2. The fraction of sp³-hybridized carbons (Fsp3) is 0.450. The van der Waals surface area contributed by atoms with Gasteiger partial charge in [-0.05, 0) is 24.6 Å². The van der Waals surface area contributed by atoms with E-state index in [0.29, 0.717) is 23.1 Å². The molecule has 154 valence electrons. The number of benzene rings is 1. The molecule has 1 aromatic carbocycles. The molecule has 3 aromatic rings. The Labute approximate surface area is 173 Å². The minimum atomic E-state index is -0.103. The molecule has 2 aromatic heterocycles. The summed E-state index contributed by atoms with van der Waals surface area (Å²) < 4.78 is 13.6. The highest BCUT2D eigenvalue weighted by Crippen LogP contribution is 2.36. The van der Waals surface area contributed by atoms with Crippen molar-refractivity contribution in [1.82, 2.24) is 19.7 Å². The number of methoxy groups -OCH3 is 1. The Morgan fingerprint density at radius 2 is 2.10 bits per heavy atom. The number of nitrogens with zero attached hydrogens (tertiary/aromatic N) is 5. The second-order valence-electron chi connectivity index (χ2n) is 7.01. The van der Waals surface area contributed by atoms with Crippen LogP contribution >= 0.6 is 11.3 Å². The van der Waals surface area contributed by atoms with Crippen molar-refractivity contribution in [3.8, 4) is 5.75 Å². The first kappa shape index (κ1) is 19.8. The second kappa shape index (κ2) is 8.48. The maximum Gasteiger partial charge on any atom is 0.278 e. The number of morpholine rings is 1. The molecule has 0 saturated carbocycles. The molecule has 0 bridgehead atoms. The van der Waals surface area contributed by atoms with Crippen LogP contribution in [0, 0.1) is 6.92 Å². The summed E-state index contributed by atoms with van der Waals surface area (Å²) in [7, 11) is 3.42. The molecular formula is C20H25N5O3S. The summed E-state index contributed by atoms with van der Waals surface area (Å²) in [6, 6.07) is 5.68. The molecule has 0 spiro atoms. The second-order valence-corrected chi connectivity index (χ2v) is 7.99. The Kier molecular flexibility index (Phi) is 5.79. The summed E-state index contributed by atoms with van der Waals surface area (Å²) >= 11 is 1.52. The fourth-order valence-corrected chi connectivity index (χ4v) is 4.53. The molecule has 0 aliphatic carbocycles. The Morgan fingerprint density at radius 1 is 1.31 bits per heavy atom. The van der Waals surface area contributed by atoms with Gasteiger partial charge in [0.15, 0.2) is 5.13 Å². The standard InChI is InChI=1S/C20H25N5O3S/c1-14-4-5-16(27-3)17-18(14)29-20(22-17)25(9-8-24-10-12-28-13-11-24)19(26)15-6-7-21-23(15)2/h4-7H,8-13H2,1-3H3. The van der Waals surface area contributed by atoms with E-state index < -0.39 is 0 Å². The molecule has 8 nitrogen and oxygen atoms in total. The van der Waals surface area contributed by atoms with Gasteiger partial charge in [0.2, 0.25) is 0 Å². The molecule has 1 aliphatic heterocycles. The zero-order chi connectivity index (χ0) is 20.4. The number of anilines is 1. The summed E-state index contributed by atoms with van der Waals surface area (Å²) in [5.74, 6) is 0.614. The molecule has 1 aliphatic rings. The summed E-state index contributed by atoms with van der Waals surface area (Å²) in [4.78, 5) is 22.2. The molecule has 0 N–H and O–H groups in total. The lowest BCUT2D eigenvalue weighted by Crippen LogP contribution is -2.43. The van der Waals surface area contributed by atoms with Crippen molar-refractivity contribution < 1.29 is 14.3 Å². The van der Waals surface area contributed by atoms with Gasteiger partial charge in [0.05, 0.1) is 25.0 Å². The lowest BCUT2D eigenvalue weighted by molar-refractivity contribution is 0.0391.